The Morgan fingerprint density at radius 3 is 2.61 bits per heavy atom. The van der Waals surface area contributed by atoms with Crippen LogP contribution in [0.25, 0.3) is 0 Å². The van der Waals surface area contributed by atoms with Gasteiger partial charge in [0, 0.05) is 11.8 Å². The molecule has 0 saturated heterocycles. The van der Waals surface area contributed by atoms with Crippen LogP contribution in [0.1, 0.15) is 91.9 Å². The molecule has 4 N–H and O–H groups in total. The second kappa shape index (κ2) is 8.42. The van der Waals surface area contributed by atoms with Crippen molar-refractivity contribution in [2.75, 3.05) is 6.61 Å². The summed E-state index contributed by atoms with van der Waals surface area (Å²) < 4.78 is 0. The van der Waals surface area contributed by atoms with Gasteiger partial charge in [-0.15, -0.1) is 0 Å². The third-order valence-electron chi connectivity index (χ3n) is 10.7. The lowest BCUT2D eigenvalue weighted by molar-refractivity contribution is -0.108. The van der Waals surface area contributed by atoms with Crippen molar-refractivity contribution in [2.24, 2.45) is 40.4 Å². The fraction of sp³-hybridized carbons (Fsp3) is 0.926. The Morgan fingerprint density at radius 2 is 1.90 bits per heavy atom. The van der Waals surface area contributed by atoms with Gasteiger partial charge < -0.3 is 20.4 Å². The summed E-state index contributed by atoms with van der Waals surface area (Å²) in [6, 6.07) is 0. The molecule has 3 saturated carbocycles. The fourth-order valence-corrected chi connectivity index (χ4v) is 8.76. The van der Waals surface area contributed by atoms with Crippen LogP contribution < -0.4 is 0 Å². The first kappa shape index (κ1) is 23.7. The van der Waals surface area contributed by atoms with Gasteiger partial charge in [-0.05, 0) is 86.9 Å². The molecule has 0 aromatic heterocycles. The third-order valence-corrected chi connectivity index (χ3v) is 10.7. The highest BCUT2D eigenvalue weighted by Gasteiger charge is 2.60. The fourth-order valence-electron chi connectivity index (χ4n) is 8.76. The highest BCUT2D eigenvalue weighted by molar-refractivity contribution is 5.27. The summed E-state index contributed by atoms with van der Waals surface area (Å²) in [6.07, 6.45) is 11.8. The van der Waals surface area contributed by atoms with E-state index < -0.39 is 11.7 Å². The summed E-state index contributed by atoms with van der Waals surface area (Å²) in [5, 5.41) is 40.7. The molecule has 0 radical (unpaired) electrons. The molecule has 4 aliphatic rings. The van der Waals surface area contributed by atoms with Gasteiger partial charge in [0.1, 0.15) is 0 Å². The van der Waals surface area contributed by atoms with Gasteiger partial charge >= 0.3 is 0 Å². The minimum atomic E-state index is -0.949. The van der Waals surface area contributed by atoms with E-state index in [0.717, 1.165) is 37.5 Å². The second-order valence-electron chi connectivity index (χ2n) is 12.5. The monoisotopic (exact) mass is 434 g/mol. The van der Waals surface area contributed by atoms with E-state index in [0.29, 0.717) is 36.0 Å². The van der Waals surface area contributed by atoms with Crippen molar-refractivity contribution >= 4 is 0 Å². The number of fused-ring (bicyclic) bond motifs is 5. The number of aliphatic hydroxyl groups excluding tert-OH is 3. The maximum absolute atomic E-state index is 11.1. The topological polar surface area (TPSA) is 80.9 Å². The average Bonchev–Trinajstić information content (AvgIpc) is 3.06. The molecule has 3 fully saturated rings. The molecule has 0 heterocycles. The van der Waals surface area contributed by atoms with Crippen molar-refractivity contribution in [3.05, 3.63) is 11.6 Å². The summed E-state index contributed by atoms with van der Waals surface area (Å²) in [6.45, 7) is 8.82. The van der Waals surface area contributed by atoms with Crippen LogP contribution in [0.3, 0.4) is 0 Å². The summed E-state index contributed by atoms with van der Waals surface area (Å²) in [4.78, 5) is 0. The summed E-state index contributed by atoms with van der Waals surface area (Å²) >= 11 is 0. The molecule has 0 aromatic rings. The Bertz CT molecular complexity index is 687. The molecular formula is C27H46O4. The van der Waals surface area contributed by atoms with Gasteiger partial charge in [-0.2, -0.15) is 0 Å². The van der Waals surface area contributed by atoms with E-state index >= 15 is 0 Å². The normalized spacial score (nSPS) is 47.5. The van der Waals surface area contributed by atoms with Gasteiger partial charge in [-0.1, -0.05) is 45.3 Å². The highest BCUT2D eigenvalue weighted by atomic mass is 16.3. The number of hydrogen-bond acceptors (Lipinski definition) is 4. The molecular weight excluding hydrogens is 388 g/mol. The first-order chi connectivity index (χ1) is 14.5. The maximum atomic E-state index is 11.1. The largest absolute Gasteiger partial charge is 0.393 e. The lowest BCUT2D eigenvalue weighted by atomic mass is 9.46. The van der Waals surface area contributed by atoms with Gasteiger partial charge in [0.15, 0.2) is 0 Å². The first-order valence-corrected chi connectivity index (χ1v) is 12.9. The number of hydrogen-bond donors (Lipinski definition) is 4. The maximum Gasteiger partial charge on any atom is 0.0849 e. The predicted octanol–water partition coefficient (Wildman–Crippen LogP) is 4.45. The predicted molar refractivity (Wildman–Crippen MR) is 123 cm³/mol. The number of rotatable bonds is 6. The smallest absolute Gasteiger partial charge is 0.0849 e. The van der Waals surface area contributed by atoms with Gasteiger partial charge in [0.05, 0.1) is 24.4 Å². The average molecular weight is 435 g/mol. The second-order valence-corrected chi connectivity index (χ2v) is 12.5. The lowest BCUT2D eigenvalue weighted by Gasteiger charge is -2.59. The number of allylic oxidation sites excluding steroid dienone is 1. The summed E-state index contributed by atoms with van der Waals surface area (Å²) in [5.74, 6) is 3.30. The summed E-state index contributed by atoms with van der Waals surface area (Å²) in [7, 11) is 0. The van der Waals surface area contributed by atoms with Crippen molar-refractivity contribution in [3.8, 4) is 0 Å². The van der Waals surface area contributed by atoms with Crippen LogP contribution in [0.5, 0.6) is 0 Å². The minimum Gasteiger partial charge on any atom is -0.393 e. The van der Waals surface area contributed by atoms with Crippen LogP contribution >= 0.6 is 0 Å². The molecule has 4 heteroatoms. The number of aliphatic hydroxyl groups is 4. The Balaban J connectivity index is 1.47. The van der Waals surface area contributed by atoms with Gasteiger partial charge in [0.2, 0.25) is 0 Å². The van der Waals surface area contributed by atoms with Crippen molar-refractivity contribution in [1.29, 1.82) is 0 Å². The molecule has 4 nitrogen and oxygen atoms in total. The van der Waals surface area contributed by atoms with E-state index in [-0.39, 0.29) is 18.1 Å². The van der Waals surface area contributed by atoms with E-state index in [9.17, 15) is 20.4 Å². The molecule has 10 atom stereocenters. The zero-order valence-electron chi connectivity index (χ0n) is 20.2. The molecule has 0 bridgehead atoms. The van der Waals surface area contributed by atoms with Gasteiger partial charge in [-0.3, -0.25) is 0 Å². The van der Waals surface area contributed by atoms with E-state index in [1.807, 2.05) is 0 Å². The van der Waals surface area contributed by atoms with Crippen LogP contribution in [0.2, 0.25) is 0 Å². The van der Waals surface area contributed by atoms with Crippen molar-refractivity contribution in [3.63, 3.8) is 0 Å². The van der Waals surface area contributed by atoms with Crippen LogP contribution in [0, 0.1) is 40.4 Å². The lowest BCUT2D eigenvalue weighted by Crippen LogP contribution is -2.55. The molecule has 0 spiro atoms. The van der Waals surface area contributed by atoms with Crippen LogP contribution in [0.4, 0.5) is 0 Å². The quantitative estimate of drug-likeness (QED) is 0.466. The van der Waals surface area contributed by atoms with E-state index in [1.165, 1.54) is 31.3 Å². The standard InChI is InChI=1S/C27H46O4/c1-17(6-5-12-25(2,31)16-28)21-9-10-22-20-8-7-18-14-19(29)15-24(30)27(18,4)23(20)11-13-26(21,22)3/h7,17,19-24,28-31H,5-6,8-16H2,1-4H3/t17-,19-,20+,21-,22+,23+,24+,25-,26-,27+/m1/s1. The molecule has 31 heavy (non-hydrogen) atoms. The summed E-state index contributed by atoms with van der Waals surface area (Å²) in [5.41, 5.74) is 0.599. The Kier molecular flexibility index (Phi) is 6.44. The minimum absolute atomic E-state index is 0.150. The SMILES string of the molecule is C[C@H](CCC[C@@](C)(O)CO)[C@H]1CC[C@H]2[C@@H]3CC=C4C[C@@H](O)C[C@H](O)[C@]4(C)[C@H]3CC[C@]12C. The van der Waals surface area contributed by atoms with Crippen molar-refractivity contribution < 1.29 is 20.4 Å². The Morgan fingerprint density at radius 1 is 1.16 bits per heavy atom. The van der Waals surface area contributed by atoms with Crippen molar-refractivity contribution in [1.82, 2.24) is 0 Å². The van der Waals surface area contributed by atoms with Gasteiger partial charge in [-0.25, -0.2) is 0 Å². The van der Waals surface area contributed by atoms with Crippen LogP contribution in [0.15, 0.2) is 11.6 Å². The molecule has 4 rings (SSSR count). The zero-order valence-corrected chi connectivity index (χ0v) is 20.2. The molecule has 178 valence electrons. The molecule has 0 aliphatic heterocycles. The van der Waals surface area contributed by atoms with Gasteiger partial charge in [0.25, 0.3) is 0 Å². The van der Waals surface area contributed by atoms with E-state index in [4.69, 9.17) is 0 Å². The van der Waals surface area contributed by atoms with Crippen LogP contribution in [-0.2, 0) is 0 Å². The van der Waals surface area contributed by atoms with E-state index in [2.05, 4.69) is 26.8 Å². The highest BCUT2D eigenvalue weighted by Crippen LogP contribution is 2.67. The molecule has 0 aromatic carbocycles. The third kappa shape index (κ3) is 3.94. The molecule has 0 amide bonds. The van der Waals surface area contributed by atoms with Crippen LogP contribution in [-0.4, -0.2) is 44.8 Å². The molecule has 0 unspecified atom stereocenters. The first-order valence-electron chi connectivity index (χ1n) is 12.9. The van der Waals surface area contributed by atoms with Crippen molar-refractivity contribution in [2.45, 2.75) is 110 Å². The molecule has 4 aliphatic carbocycles. The Labute approximate surface area is 189 Å². The Hall–Kier alpha value is -0.420. The van der Waals surface area contributed by atoms with E-state index in [1.54, 1.807) is 6.92 Å². The zero-order chi connectivity index (χ0) is 22.6.